The fourth-order valence-electron chi connectivity index (χ4n) is 2.86. The van der Waals surface area contributed by atoms with Crippen LogP contribution in [0.4, 0.5) is 5.95 Å². The van der Waals surface area contributed by atoms with Gasteiger partial charge in [-0.05, 0) is 30.7 Å². The van der Waals surface area contributed by atoms with Gasteiger partial charge in [-0.3, -0.25) is 10.1 Å². The molecular weight excluding hydrogens is 348 g/mol. The molecule has 0 aliphatic rings. The summed E-state index contributed by atoms with van der Waals surface area (Å²) < 4.78 is 7.39. The summed E-state index contributed by atoms with van der Waals surface area (Å²) in [5.74, 6) is 1.17. The van der Waals surface area contributed by atoms with Crippen LogP contribution in [0.5, 0.6) is 0 Å². The Balaban J connectivity index is 1.51. The second kappa shape index (κ2) is 7.13. The largest absolute Gasteiger partial charge is 0.462 e. The second-order valence-electron chi connectivity index (χ2n) is 5.92. The Hall–Kier alpha value is -2.93. The number of carbonyl (C=O) groups excluding carboxylic acids is 1. The number of amides is 1. The Morgan fingerprint density at radius 1 is 1.23 bits per heavy atom. The fourth-order valence-corrected chi connectivity index (χ4v) is 3.64. The van der Waals surface area contributed by atoms with Crippen molar-refractivity contribution in [2.75, 3.05) is 5.32 Å². The van der Waals surface area contributed by atoms with Crippen LogP contribution in [0.25, 0.3) is 21.8 Å². The monoisotopic (exact) mass is 366 g/mol. The third kappa shape index (κ3) is 3.25. The summed E-state index contributed by atoms with van der Waals surface area (Å²) in [6.07, 6.45) is 2.77. The molecule has 0 saturated heterocycles. The van der Waals surface area contributed by atoms with Gasteiger partial charge in [-0.2, -0.15) is 0 Å². The first-order valence-electron chi connectivity index (χ1n) is 8.48. The van der Waals surface area contributed by atoms with Crippen LogP contribution in [0.1, 0.15) is 19.0 Å². The van der Waals surface area contributed by atoms with Crippen molar-refractivity contribution in [2.24, 2.45) is 0 Å². The van der Waals surface area contributed by atoms with Gasteiger partial charge in [0, 0.05) is 11.9 Å². The third-order valence-electron chi connectivity index (χ3n) is 3.98. The van der Waals surface area contributed by atoms with E-state index in [2.05, 4.69) is 22.2 Å². The van der Waals surface area contributed by atoms with Crippen molar-refractivity contribution < 1.29 is 9.21 Å². The number of aryl methyl sites for hydroxylation is 1. The minimum absolute atomic E-state index is 0.131. The van der Waals surface area contributed by atoms with Crippen LogP contribution in [-0.2, 0) is 17.8 Å². The predicted octanol–water partition coefficient (Wildman–Crippen LogP) is 4.34. The van der Waals surface area contributed by atoms with Crippen LogP contribution in [-0.4, -0.2) is 20.4 Å². The van der Waals surface area contributed by atoms with Crippen molar-refractivity contribution in [3.63, 3.8) is 0 Å². The molecule has 6 nitrogen and oxygen atoms in total. The molecule has 4 aromatic rings. The van der Waals surface area contributed by atoms with E-state index in [-0.39, 0.29) is 12.3 Å². The molecule has 1 aromatic carbocycles. The van der Waals surface area contributed by atoms with Gasteiger partial charge in [0.25, 0.3) is 0 Å². The summed E-state index contributed by atoms with van der Waals surface area (Å²) in [5, 5.41) is 5.59. The highest BCUT2D eigenvalue weighted by Crippen LogP contribution is 2.24. The summed E-state index contributed by atoms with van der Waals surface area (Å²) in [4.78, 5) is 21.5. The molecule has 0 bridgehead atoms. The quantitative estimate of drug-likeness (QED) is 0.551. The van der Waals surface area contributed by atoms with Gasteiger partial charge in [-0.15, -0.1) is 11.3 Å². The number of benzene rings is 1. The summed E-state index contributed by atoms with van der Waals surface area (Å²) in [7, 11) is 0. The number of hydrogen-bond donors (Lipinski definition) is 1. The Kier molecular flexibility index (Phi) is 4.53. The van der Waals surface area contributed by atoms with Gasteiger partial charge in [-0.25, -0.2) is 9.97 Å². The van der Waals surface area contributed by atoms with Crippen LogP contribution in [0, 0.1) is 0 Å². The number of fused-ring (bicyclic) bond motifs is 1. The number of aromatic nitrogens is 3. The van der Waals surface area contributed by atoms with Gasteiger partial charge in [0.15, 0.2) is 10.8 Å². The molecule has 0 saturated carbocycles. The number of anilines is 1. The smallest absolute Gasteiger partial charge is 0.232 e. The van der Waals surface area contributed by atoms with Gasteiger partial charge in [-0.1, -0.05) is 19.1 Å². The lowest BCUT2D eigenvalue weighted by Gasteiger charge is -2.08. The lowest BCUT2D eigenvalue weighted by atomic mass is 10.3. The normalized spacial score (nSPS) is 11.1. The molecule has 0 unspecified atom stereocenters. The highest BCUT2D eigenvalue weighted by Gasteiger charge is 2.15. The SMILES string of the molecule is CCCn1c(NC(=O)Cc2csc(-c3ccco3)n2)nc2ccccc21. The van der Waals surface area contributed by atoms with Gasteiger partial charge < -0.3 is 8.98 Å². The van der Waals surface area contributed by atoms with E-state index in [1.54, 1.807) is 6.26 Å². The Bertz CT molecular complexity index is 1030. The lowest BCUT2D eigenvalue weighted by Crippen LogP contribution is -2.18. The van der Waals surface area contributed by atoms with Crippen LogP contribution < -0.4 is 5.32 Å². The molecule has 1 amide bonds. The number of imidazole rings is 1. The van der Waals surface area contributed by atoms with Crippen molar-refractivity contribution in [2.45, 2.75) is 26.3 Å². The Labute approximate surface area is 154 Å². The standard InChI is InChI=1S/C19H18N4O2S/c1-2-9-23-15-7-4-3-6-14(15)21-19(23)22-17(24)11-13-12-26-18(20-13)16-8-5-10-25-16/h3-8,10,12H,2,9,11H2,1H3,(H,21,22,24). The van der Waals surface area contributed by atoms with Gasteiger partial charge in [0.1, 0.15) is 0 Å². The summed E-state index contributed by atoms with van der Waals surface area (Å²) in [5.41, 5.74) is 2.63. The molecule has 132 valence electrons. The summed E-state index contributed by atoms with van der Waals surface area (Å²) >= 11 is 1.46. The number of rotatable bonds is 6. The first-order chi connectivity index (χ1) is 12.7. The maximum Gasteiger partial charge on any atom is 0.232 e. The number of thiazole rings is 1. The number of carbonyl (C=O) groups is 1. The number of nitrogens with zero attached hydrogens (tertiary/aromatic N) is 3. The minimum Gasteiger partial charge on any atom is -0.462 e. The van der Waals surface area contributed by atoms with Crippen LogP contribution in [0.15, 0.2) is 52.5 Å². The van der Waals surface area contributed by atoms with Crippen molar-refractivity contribution in [3.05, 3.63) is 53.7 Å². The molecule has 0 aliphatic carbocycles. The van der Waals surface area contributed by atoms with Gasteiger partial charge in [0.05, 0.1) is 29.4 Å². The van der Waals surface area contributed by atoms with Crippen LogP contribution in [0.3, 0.4) is 0 Å². The zero-order valence-electron chi connectivity index (χ0n) is 14.3. The molecule has 0 radical (unpaired) electrons. The molecule has 4 rings (SSSR count). The van der Waals surface area contributed by atoms with E-state index in [1.165, 1.54) is 11.3 Å². The maximum absolute atomic E-state index is 12.5. The van der Waals surface area contributed by atoms with E-state index in [0.717, 1.165) is 34.7 Å². The Morgan fingerprint density at radius 3 is 2.92 bits per heavy atom. The first kappa shape index (κ1) is 16.5. The first-order valence-corrected chi connectivity index (χ1v) is 9.36. The Morgan fingerprint density at radius 2 is 2.12 bits per heavy atom. The van der Waals surface area contributed by atoms with Crippen LogP contribution in [0.2, 0.25) is 0 Å². The molecular formula is C19H18N4O2S. The average molecular weight is 366 g/mol. The molecule has 3 heterocycles. The highest BCUT2D eigenvalue weighted by molar-refractivity contribution is 7.13. The molecule has 0 spiro atoms. The number of hydrogen-bond acceptors (Lipinski definition) is 5. The molecule has 7 heteroatoms. The molecule has 3 aromatic heterocycles. The van der Waals surface area contributed by atoms with Gasteiger partial charge >= 0.3 is 0 Å². The predicted molar refractivity (Wildman–Crippen MR) is 102 cm³/mol. The van der Waals surface area contributed by atoms with E-state index < -0.39 is 0 Å². The van der Waals surface area contributed by atoms with Crippen LogP contribution >= 0.6 is 11.3 Å². The minimum atomic E-state index is -0.131. The number of nitrogens with one attached hydrogen (secondary N) is 1. The van der Waals surface area contributed by atoms with Gasteiger partial charge in [0.2, 0.25) is 11.9 Å². The van der Waals surface area contributed by atoms with E-state index in [1.807, 2.05) is 46.3 Å². The number of para-hydroxylation sites is 2. The third-order valence-corrected chi connectivity index (χ3v) is 4.88. The zero-order chi connectivity index (χ0) is 17.9. The molecule has 0 fully saturated rings. The van der Waals surface area contributed by atoms with E-state index >= 15 is 0 Å². The highest BCUT2D eigenvalue weighted by atomic mass is 32.1. The fraction of sp³-hybridized carbons (Fsp3) is 0.211. The second-order valence-corrected chi connectivity index (χ2v) is 6.78. The molecule has 1 N–H and O–H groups in total. The van der Waals surface area contributed by atoms with E-state index in [9.17, 15) is 4.79 Å². The van der Waals surface area contributed by atoms with Crippen molar-refractivity contribution in [1.29, 1.82) is 0 Å². The van der Waals surface area contributed by atoms with E-state index in [4.69, 9.17) is 4.42 Å². The summed E-state index contributed by atoms with van der Waals surface area (Å²) in [6, 6.07) is 11.6. The average Bonchev–Trinajstić information content (AvgIpc) is 3.36. The van der Waals surface area contributed by atoms with E-state index in [0.29, 0.717) is 11.7 Å². The lowest BCUT2D eigenvalue weighted by molar-refractivity contribution is -0.115. The molecule has 0 atom stereocenters. The number of furan rings is 1. The topological polar surface area (TPSA) is 73.0 Å². The zero-order valence-corrected chi connectivity index (χ0v) is 15.1. The molecule has 26 heavy (non-hydrogen) atoms. The van der Waals surface area contributed by atoms with Crippen molar-refractivity contribution in [3.8, 4) is 10.8 Å². The maximum atomic E-state index is 12.5. The summed E-state index contributed by atoms with van der Waals surface area (Å²) in [6.45, 7) is 2.90. The van der Waals surface area contributed by atoms with Crippen molar-refractivity contribution >= 4 is 34.2 Å². The molecule has 0 aliphatic heterocycles. The van der Waals surface area contributed by atoms with Crippen molar-refractivity contribution in [1.82, 2.24) is 14.5 Å².